The molecule has 1 aromatic rings. The van der Waals surface area contributed by atoms with Gasteiger partial charge in [-0.2, -0.15) is 0 Å². The lowest BCUT2D eigenvalue weighted by Crippen LogP contribution is -2.35. The summed E-state index contributed by atoms with van der Waals surface area (Å²) >= 11 is 0. The summed E-state index contributed by atoms with van der Waals surface area (Å²) in [5.74, 6) is -1.42. The highest BCUT2D eigenvalue weighted by molar-refractivity contribution is 7.89. The average molecular weight is 302 g/mol. The minimum atomic E-state index is -3.39. The first kappa shape index (κ1) is 15.9. The Balaban J connectivity index is 2.51. The first-order valence-corrected chi connectivity index (χ1v) is 7.13. The number of nitrogens with one attached hydrogen (secondary N) is 3. The first-order chi connectivity index (χ1) is 9.34. The number of aromatic carboxylic acids is 1. The molecular formula is C10H14N4O5S. The van der Waals surface area contributed by atoms with Gasteiger partial charge >= 0.3 is 12.0 Å². The van der Waals surface area contributed by atoms with Crippen LogP contribution in [0.5, 0.6) is 0 Å². The van der Waals surface area contributed by atoms with Crippen molar-refractivity contribution in [1.29, 1.82) is 0 Å². The Hall–Kier alpha value is -2.20. The lowest BCUT2D eigenvalue weighted by molar-refractivity contribution is 0.0696. The number of rotatable bonds is 6. The van der Waals surface area contributed by atoms with Crippen molar-refractivity contribution in [2.75, 3.05) is 24.7 Å². The summed E-state index contributed by atoms with van der Waals surface area (Å²) in [5, 5.41) is 13.4. The Morgan fingerprint density at radius 1 is 1.35 bits per heavy atom. The molecule has 0 saturated carbocycles. The predicted molar refractivity (Wildman–Crippen MR) is 71.1 cm³/mol. The molecule has 2 amide bonds. The van der Waals surface area contributed by atoms with E-state index in [2.05, 4.69) is 20.3 Å². The molecule has 1 rings (SSSR count). The van der Waals surface area contributed by atoms with Crippen LogP contribution in [0, 0.1) is 0 Å². The Morgan fingerprint density at radius 3 is 2.65 bits per heavy atom. The lowest BCUT2D eigenvalue weighted by Gasteiger charge is -2.07. The van der Waals surface area contributed by atoms with Gasteiger partial charge in [-0.3, -0.25) is 4.98 Å². The molecule has 0 spiro atoms. The number of carboxylic acid groups (broad SMARTS) is 1. The summed E-state index contributed by atoms with van der Waals surface area (Å²) < 4.78 is 24.3. The number of carbonyl (C=O) groups excluding carboxylic acids is 1. The van der Waals surface area contributed by atoms with Crippen molar-refractivity contribution in [2.45, 2.75) is 0 Å². The number of hydrogen-bond donors (Lipinski definition) is 4. The monoisotopic (exact) mass is 302 g/mol. The number of pyridine rings is 1. The first-order valence-electron chi connectivity index (χ1n) is 5.48. The van der Waals surface area contributed by atoms with Gasteiger partial charge in [0.15, 0.2) is 0 Å². The van der Waals surface area contributed by atoms with Crippen molar-refractivity contribution in [3.63, 3.8) is 0 Å². The van der Waals surface area contributed by atoms with Crippen LogP contribution in [0.25, 0.3) is 0 Å². The molecule has 0 bridgehead atoms. The number of amides is 2. The van der Waals surface area contributed by atoms with E-state index in [1.165, 1.54) is 19.3 Å². The van der Waals surface area contributed by atoms with E-state index >= 15 is 0 Å². The zero-order chi connectivity index (χ0) is 15.2. The molecule has 0 saturated heterocycles. The highest BCUT2D eigenvalue weighted by Crippen LogP contribution is 2.07. The fourth-order valence-corrected chi connectivity index (χ4v) is 1.78. The van der Waals surface area contributed by atoms with Crippen LogP contribution < -0.4 is 15.4 Å². The van der Waals surface area contributed by atoms with Crippen LogP contribution in [0.4, 0.5) is 10.5 Å². The Kier molecular flexibility index (Phi) is 5.41. The second-order valence-corrected chi connectivity index (χ2v) is 5.72. The SMILES string of the molecule is CNS(=O)(=O)CCNC(=O)Nc1cncc(C(=O)O)c1. The van der Waals surface area contributed by atoms with E-state index in [4.69, 9.17) is 5.11 Å². The molecule has 0 atom stereocenters. The van der Waals surface area contributed by atoms with Gasteiger partial charge in [-0.05, 0) is 13.1 Å². The van der Waals surface area contributed by atoms with E-state index < -0.39 is 22.0 Å². The molecule has 10 heteroatoms. The van der Waals surface area contributed by atoms with Gasteiger partial charge in [-0.25, -0.2) is 22.7 Å². The van der Waals surface area contributed by atoms with Gasteiger partial charge < -0.3 is 15.7 Å². The molecule has 0 aromatic carbocycles. The third-order valence-electron chi connectivity index (χ3n) is 2.21. The Labute approximate surface area is 115 Å². The summed E-state index contributed by atoms with van der Waals surface area (Å²) in [5.41, 5.74) is 0.124. The van der Waals surface area contributed by atoms with Crippen LogP contribution in [0.1, 0.15) is 10.4 Å². The average Bonchev–Trinajstić information content (AvgIpc) is 2.38. The predicted octanol–water partition coefficient (Wildman–Crippen LogP) is -0.549. The standard InChI is InChI=1S/C10H14N4O5S/c1-11-20(18,19)3-2-13-10(17)14-8-4-7(9(15)16)5-12-6-8/h4-6,11H,2-3H2,1H3,(H,15,16)(H2,13,14,17). The van der Waals surface area contributed by atoms with Crippen molar-refractivity contribution < 1.29 is 23.1 Å². The highest BCUT2D eigenvalue weighted by Gasteiger charge is 2.09. The van der Waals surface area contributed by atoms with Crippen LogP contribution in [0.2, 0.25) is 0 Å². The third-order valence-corrected chi connectivity index (χ3v) is 3.57. The third kappa shape index (κ3) is 5.20. The topological polar surface area (TPSA) is 137 Å². The van der Waals surface area contributed by atoms with E-state index in [1.807, 2.05) is 0 Å². The van der Waals surface area contributed by atoms with Crippen LogP contribution in [-0.2, 0) is 10.0 Å². The quantitative estimate of drug-likeness (QED) is 0.556. The normalized spacial score (nSPS) is 10.8. The van der Waals surface area contributed by atoms with Crippen molar-refractivity contribution in [3.05, 3.63) is 24.0 Å². The van der Waals surface area contributed by atoms with E-state index in [1.54, 1.807) is 0 Å². The summed E-state index contributed by atoms with van der Waals surface area (Å²) in [4.78, 5) is 25.8. The molecule has 20 heavy (non-hydrogen) atoms. The van der Waals surface area contributed by atoms with Gasteiger partial charge in [0.2, 0.25) is 10.0 Å². The molecule has 0 aliphatic carbocycles. The zero-order valence-electron chi connectivity index (χ0n) is 10.6. The maximum atomic E-state index is 11.5. The number of hydrogen-bond acceptors (Lipinski definition) is 5. The summed E-state index contributed by atoms with van der Waals surface area (Å²) in [6, 6.07) is 0.583. The largest absolute Gasteiger partial charge is 0.478 e. The van der Waals surface area contributed by atoms with Gasteiger partial charge in [0, 0.05) is 12.7 Å². The zero-order valence-corrected chi connectivity index (χ0v) is 11.4. The van der Waals surface area contributed by atoms with Crippen LogP contribution in [0.3, 0.4) is 0 Å². The molecule has 110 valence electrons. The van der Waals surface area contributed by atoms with Crippen molar-refractivity contribution in [1.82, 2.24) is 15.0 Å². The molecule has 0 aliphatic rings. The second-order valence-electron chi connectivity index (χ2n) is 3.67. The van der Waals surface area contributed by atoms with Gasteiger partial charge in [-0.1, -0.05) is 0 Å². The van der Waals surface area contributed by atoms with E-state index in [0.717, 1.165) is 6.20 Å². The maximum Gasteiger partial charge on any atom is 0.337 e. The Morgan fingerprint density at radius 2 is 2.05 bits per heavy atom. The minimum absolute atomic E-state index is 0.0689. The molecule has 1 heterocycles. The van der Waals surface area contributed by atoms with Crippen LogP contribution in [-0.4, -0.2) is 49.9 Å². The fourth-order valence-electron chi connectivity index (χ4n) is 1.20. The number of carboxylic acids is 1. The van der Waals surface area contributed by atoms with E-state index in [-0.39, 0.29) is 23.5 Å². The van der Waals surface area contributed by atoms with Crippen molar-refractivity contribution in [3.8, 4) is 0 Å². The van der Waals surface area contributed by atoms with E-state index in [9.17, 15) is 18.0 Å². The Bertz CT molecular complexity index is 601. The smallest absolute Gasteiger partial charge is 0.337 e. The fraction of sp³-hybridized carbons (Fsp3) is 0.300. The van der Waals surface area contributed by atoms with Crippen molar-refractivity contribution in [2.24, 2.45) is 0 Å². The number of carbonyl (C=O) groups is 2. The van der Waals surface area contributed by atoms with E-state index in [0.29, 0.717) is 0 Å². The number of aromatic nitrogens is 1. The minimum Gasteiger partial charge on any atom is -0.478 e. The molecule has 0 aliphatic heterocycles. The summed E-state index contributed by atoms with van der Waals surface area (Å²) in [7, 11) is -2.11. The molecular weight excluding hydrogens is 288 g/mol. The molecule has 4 N–H and O–H groups in total. The second kappa shape index (κ2) is 6.82. The van der Waals surface area contributed by atoms with Gasteiger partial charge in [0.25, 0.3) is 0 Å². The van der Waals surface area contributed by atoms with Gasteiger partial charge in [-0.15, -0.1) is 0 Å². The number of urea groups is 1. The van der Waals surface area contributed by atoms with Crippen LogP contribution >= 0.6 is 0 Å². The summed E-state index contributed by atoms with van der Waals surface area (Å²) in [6.45, 7) is -0.0823. The number of nitrogens with zero attached hydrogens (tertiary/aromatic N) is 1. The molecule has 0 radical (unpaired) electrons. The molecule has 1 aromatic heterocycles. The van der Waals surface area contributed by atoms with Crippen molar-refractivity contribution >= 4 is 27.7 Å². The molecule has 0 fully saturated rings. The van der Waals surface area contributed by atoms with Gasteiger partial charge in [0.05, 0.1) is 23.2 Å². The highest BCUT2D eigenvalue weighted by atomic mass is 32.2. The number of sulfonamides is 1. The number of anilines is 1. The summed E-state index contributed by atoms with van der Waals surface area (Å²) in [6.07, 6.45) is 2.42. The van der Waals surface area contributed by atoms with Crippen LogP contribution in [0.15, 0.2) is 18.5 Å². The molecule has 9 nitrogen and oxygen atoms in total. The van der Waals surface area contributed by atoms with Gasteiger partial charge in [0.1, 0.15) is 0 Å². The molecule has 0 unspecified atom stereocenters. The lowest BCUT2D eigenvalue weighted by atomic mass is 10.3. The maximum absolute atomic E-state index is 11.5.